The van der Waals surface area contributed by atoms with Crippen molar-refractivity contribution in [2.45, 2.75) is 43.8 Å². The van der Waals surface area contributed by atoms with Gasteiger partial charge in [-0.1, -0.05) is 12.1 Å². The molecule has 2 aliphatic rings. The third-order valence-electron chi connectivity index (χ3n) is 7.07. The number of fused-ring (bicyclic) bond motifs is 2. The molecule has 0 amide bonds. The van der Waals surface area contributed by atoms with Gasteiger partial charge in [-0.15, -0.1) is 0 Å². The maximum Gasteiger partial charge on any atom is 0.329 e. The first-order valence-electron chi connectivity index (χ1n) is 12.2. The fraction of sp³-hybridized carbons (Fsp3) is 0.370. The Morgan fingerprint density at radius 2 is 1.89 bits per heavy atom. The number of nitrogens with one attached hydrogen (secondary N) is 1. The van der Waals surface area contributed by atoms with Gasteiger partial charge in [-0.05, 0) is 48.1 Å². The van der Waals surface area contributed by atoms with Crippen LogP contribution in [0.3, 0.4) is 0 Å². The summed E-state index contributed by atoms with van der Waals surface area (Å²) in [7, 11) is 0. The Kier molecular flexibility index (Phi) is 6.02. The van der Waals surface area contributed by atoms with Crippen molar-refractivity contribution in [2.75, 3.05) is 19.8 Å². The number of H-pyrrole nitrogens is 1. The smallest absolute Gasteiger partial charge is 0.329 e. The van der Waals surface area contributed by atoms with Gasteiger partial charge in [0.15, 0.2) is 0 Å². The number of ether oxygens (including phenoxy) is 3. The quantitative estimate of drug-likeness (QED) is 0.382. The van der Waals surface area contributed by atoms with Crippen LogP contribution in [0.15, 0.2) is 42.6 Å². The highest BCUT2D eigenvalue weighted by molar-refractivity contribution is 6.06. The van der Waals surface area contributed by atoms with E-state index < -0.39 is 5.97 Å². The van der Waals surface area contributed by atoms with E-state index in [0.717, 1.165) is 51.3 Å². The summed E-state index contributed by atoms with van der Waals surface area (Å²) in [6, 6.07) is 10.6. The fourth-order valence-electron chi connectivity index (χ4n) is 5.11. The minimum atomic E-state index is -0.979. The molecule has 2 aromatic heterocycles. The molecule has 1 saturated heterocycles. The second kappa shape index (κ2) is 9.48. The molecule has 0 unspecified atom stereocenters. The number of carbonyl (C=O) groups is 1. The Morgan fingerprint density at radius 3 is 2.64 bits per heavy atom. The zero-order valence-corrected chi connectivity index (χ0v) is 19.6. The molecule has 1 saturated carbocycles. The summed E-state index contributed by atoms with van der Waals surface area (Å²) in [4.78, 5) is 15.9. The summed E-state index contributed by atoms with van der Waals surface area (Å²) in [6.07, 6.45) is 4.43. The number of hydrogen-bond donors (Lipinski definition) is 2. The first-order chi connectivity index (χ1) is 17.5. The van der Waals surface area contributed by atoms with Crippen LogP contribution in [0.1, 0.15) is 37.3 Å². The number of rotatable bonds is 7. The van der Waals surface area contributed by atoms with Crippen LogP contribution in [0.4, 0.5) is 4.39 Å². The molecule has 8 nitrogen and oxygen atoms in total. The second-order valence-corrected chi connectivity index (χ2v) is 9.46. The van der Waals surface area contributed by atoms with Gasteiger partial charge in [0.25, 0.3) is 0 Å². The van der Waals surface area contributed by atoms with Crippen molar-refractivity contribution in [3.8, 4) is 17.0 Å². The molecule has 1 aliphatic carbocycles. The highest BCUT2D eigenvalue weighted by Gasteiger charge is 2.34. The van der Waals surface area contributed by atoms with Crippen molar-refractivity contribution in [3.63, 3.8) is 0 Å². The molecule has 4 aromatic rings. The summed E-state index contributed by atoms with van der Waals surface area (Å²) in [5.74, 6) is -0.548. The van der Waals surface area contributed by atoms with Crippen molar-refractivity contribution in [3.05, 3.63) is 54.1 Å². The Bertz CT molecular complexity index is 1410. The molecule has 6 rings (SSSR count). The molecule has 0 spiro atoms. The van der Waals surface area contributed by atoms with Gasteiger partial charge in [-0.3, -0.25) is 5.10 Å². The van der Waals surface area contributed by atoms with Gasteiger partial charge in [0.2, 0.25) is 5.88 Å². The molecule has 2 N–H and O–H groups in total. The minimum Gasteiger partial charge on any atom is -0.480 e. The molecule has 0 atom stereocenters. The van der Waals surface area contributed by atoms with Crippen LogP contribution in [-0.2, 0) is 14.3 Å². The van der Waals surface area contributed by atoms with Crippen LogP contribution in [0.5, 0.6) is 5.88 Å². The molecule has 0 bridgehead atoms. The standard InChI is InChI=1S/C27H26FN3O5/c28-18-3-1-15(2-4-18)25-21-9-17-13-29-31-23(17)12-22(21)27(30-26(25)16-5-7-34-8-6-16)36-20-10-19(11-20)35-14-24(32)33/h1-4,9,12-13,16,19-20H,5-8,10-11,14H2,(H,29,31)(H,32,33)/t19-,20-. The third-order valence-corrected chi connectivity index (χ3v) is 7.07. The Labute approximate surface area is 206 Å². The lowest BCUT2D eigenvalue weighted by Crippen LogP contribution is -2.40. The summed E-state index contributed by atoms with van der Waals surface area (Å²) in [6.45, 7) is 1.02. The number of nitrogens with zero attached hydrogens (tertiary/aromatic N) is 2. The SMILES string of the molecule is O=C(O)CO[C@H]1C[C@H](Oc2nc(C3CCOCC3)c(-c3ccc(F)cc3)c3cc4cn[nH]c4cc23)C1. The maximum atomic E-state index is 13.8. The number of benzene rings is 2. The number of aromatic amines is 1. The lowest BCUT2D eigenvalue weighted by Gasteiger charge is -2.35. The molecule has 2 fully saturated rings. The van der Waals surface area contributed by atoms with Crippen molar-refractivity contribution in [2.24, 2.45) is 0 Å². The van der Waals surface area contributed by atoms with Crippen LogP contribution in [-0.4, -0.2) is 58.3 Å². The molecule has 9 heteroatoms. The molecule has 36 heavy (non-hydrogen) atoms. The molecule has 0 radical (unpaired) electrons. The van der Waals surface area contributed by atoms with Crippen LogP contribution < -0.4 is 4.74 Å². The average molecular weight is 492 g/mol. The maximum absolute atomic E-state index is 13.8. The van der Waals surface area contributed by atoms with Gasteiger partial charge < -0.3 is 19.3 Å². The predicted octanol–water partition coefficient (Wildman–Crippen LogP) is 4.82. The van der Waals surface area contributed by atoms with E-state index in [9.17, 15) is 9.18 Å². The summed E-state index contributed by atoms with van der Waals surface area (Å²) < 4.78 is 31.2. The average Bonchev–Trinajstić information content (AvgIpc) is 3.32. The van der Waals surface area contributed by atoms with Gasteiger partial charge in [0.05, 0.1) is 23.5 Å². The van der Waals surface area contributed by atoms with E-state index in [1.54, 1.807) is 18.3 Å². The largest absolute Gasteiger partial charge is 0.480 e. The van der Waals surface area contributed by atoms with Crippen molar-refractivity contribution in [1.82, 2.24) is 15.2 Å². The topological polar surface area (TPSA) is 107 Å². The first-order valence-corrected chi connectivity index (χ1v) is 12.2. The van der Waals surface area contributed by atoms with Gasteiger partial charge >= 0.3 is 5.97 Å². The summed E-state index contributed by atoms with van der Waals surface area (Å²) in [5.41, 5.74) is 3.67. The zero-order valence-electron chi connectivity index (χ0n) is 19.6. The number of aliphatic carboxylic acids is 1. The van der Waals surface area contributed by atoms with Crippen LogP contribution >= 0.6 is 0 Å². The third kappa shape index (κ3) is 4.40. The van der Waals surface area contributed by atoms with Gasteiger partial charge in [-0.25, -0.2) is 14.2 Å². The number of carboxylic acids is 1. The van der Waals surface area contributed by atoms with E-state index in [0.29, 0.717) is 31.9 Å². The molecular weight excluding hydrogens is 465 g/mol. The summed E-state index contributed by atoms with van der Waals surface area (Å²) in [5, 5.41) is 18.9. The highest BCUT2D eigenvalue weighted by Crippen LogP contribution is 2.43. The van der Waals surface area contributed by atoms with E-state index in [4.69, 9.17) is 24.3 Å². The number of pyridine rings is 1. The highest BCUT2D eigenvalue weighted by atomic mass is 19.1. The number of aromatic nitrogens is 3. The Morgan fingerprint density at radius 1 is 1.11 bits per heavy atom. The van der Waals surface area contributed by atoms with Crippen LogP contribution in [0.25, 0.3) is 32.8 Å². The molecule has 3 heterocycles. The first kappa shape index (κ1) is 22.9. The number of carboxylic acid groups (broad SMARTS) is 1. The van der Waals surface area contributed by atoms with Crippen LogP contribution in [0.2, 0.25) is 0 Å². The van der Waals surface area contributed by atoms with E-state index in [1.165, 1.54) is 12.1 Å². The predicted molar refractivity (Wildman–Crippen MR) is 131 cm³/mol. The van der Waals surface area contributed by atoms with E-state index in [-0.39, 0.29) is 30.5 Å². The lowest BCUT2D eigenvalue weighted by atomic mass is 9.87. The van der Waals surface area contributed by atoms with Gasteiger partial charge in [-0.2, -0.15) is 5.10 Å². The minimum absolute atomic E-state index is 0.115. The van der Waals surface area contributed by atoms with Crippen LogP contribution in [0, 0.1) is 5.82 Å². The van der Waals surface area contributed by atoms with Gasteiger partial charge in [0.1, 0.15) is 18.5 Å². The number of hydrogen-bond acceptors (Lipinski definition) is 6. The van der Waals surface area contributed by atoms with E-state index in [1.807, 2.05) is 6.07 Å². The zero-order chi connectivity index (χ0) is 24.6. The Hall–Kier alpha value is -3.56. The molecule has 186 valence electrons. The molecule has 2 aromatic carbocycles. The Balaban J connectivity index is 1.46. The summed E-state index contributed by atoms with van der Waals surface area (Å²) >= 11 is 0. The fourth-order valence-corrected chi connectivity index (χ4v) is 5.11. The monoisotopic (exact) mass is 491 g/mol. The lowest BCUT2D eigenvalue weighted by molar-refractivity contribution is -0.149. The molecular formula is C27H26FN3O5. The van der Waals surface area contributed by atoms with E-state index in [2.05, 4.69) is 16.3 Å². The molecule has 1 aliphatic heterocycles. The van der Waals surface area contributed by atoms with E-state index >= 15 is 0 Å². The normalized spacial score (nSPS) is 20.5. The second-order valence-electron chi connectivity index (χ2n) is 9.46. The number of halogens is 1. The van der Waals surface area contributed by atoms with Crippen molar-refractivity contribution < 1.29 is 28.5 Å². The van der Waals surface area contributed by atoms with Crippen molar-refractivity contribution >= 4 is 27.6 Å². The van der Waals surface area contributed by atoms with Gasteiger partial charge in [0, 0.05) is 48.3 Å². The van der Waals surface area contributed by atoms with Crippen molar-refractivity contribution in [1.29, 1.82) is 0 Å².